The van der Waals surface area contributed by atoms with Gasteiger partial charge in [-0.05, 0) is 20.8 Å². The first-order valence-corrected chi connectivity index (χ1v) is 5.96. The number of hydrogen-bond acceptors (Lipinski definition) is 5. The molecule has 6 nitrogen and oxygen atoms in total. The number of carbonyl (C=O) groups excluding carboxylic acids is 2. The summed E-state index contributed by atoms with van der Waals surface area (Å²) in [5, 5.41) is 2.64. The van der Waals surface area contributed by atoms with Gasteiger partial charge < -0.3 is 19.5 Å². The maximum atomic E-state index is 11.5. The Morgan fingerprint density at radius 2 is 2.00 bits per heavy atom. The smallest absolute Gasteiger partial charge is 0.407 e. The van der Waals surface area contributed by atoms with Crippen molar-refractivity contribution in [3.63, 3.8) is 0 Å². The van der Waals surface area contributed by atoms with Crippen LogP contribution in [0.3, 0.4) is 0 Å². The van der Waals surface area contributed by atoms with Crippen molar-refractivity contribution in [3.05, 3.63) is 0 Å². The summed E-state index contributed by atoms with van der Waals surface area (Å²) in [7, 11) is 1.35. The fraction of sp³-hybridized carbons (Fsp3) is 0.833. The van der Waals surface area contributed by atoms with Crippen LogP contribution in [0.25, 0.3) is 0 Å². The SMILES string of the molecule is COC(=O)C1COCC1CNC(=O)OC(C)(C)C. The van der Waals surface area contributed by atoms with E-state index in [1.807, 2.05) is 0 Å². The van der Waals surface area contributed by atoms with E-state index in [0.29, 0.717) is 19.8 Å². The molecule has 0 bridgehead atoms. The zero-order valence-electron chi connectivity index (χ0n) is 11.3. The molecule has 1 N–H and O–H groups in total. The fourth-order valence-corrected chi connectivity index (χ4v) is 1.74. The van der Waals surface area contributed by atoms with E-state index >= 15 is 0 Å². The summed E-state index contributed by atoms with van der Waals surface area (Å²) in [4.78, 5) is 22.9. The molecule has 0 saturated carbocycles. The number of esters is 1. The molecule has 1 amide bonds. The van der Waals surface area contributed by atoms with E-state index in [0.717, 1.165) is 0 Å². The Labute approximate surface area is 107 Å². The fourth-order valence-electron chi connectivity index (χ4n) is 1.74. The number of hydrogen-bond donors (Lipinski definition) is 1. The van der Waals surface area contributed by atoms with Gasteiger partial charge in [-0.2, -0.15) is 0 Å². The van der Waals surface area contributed by atoms with Gasteiger partial charge in [-0.15, -0.1) is 0 Å². The molecular weight excluding hydrogens is 238 g/mol. The highest BCUT2D eigenvalue weighted by Gasteiger charge is 2.35. The third-order valence-electron chi connectivity index (χ3n) is 2.61. The Morgan fingerprint density at radius 1 is 1.33 bits per heavy atom. The molecule has 0 aromatic carbocycles. The van der Waals surface area contributed by atoms with Gasteiger partial charge in [0.15, 0.2) is 0 Å². The molecule has 1 rings (SSSR count). The zero-order valence-corrected chi connectivity index (χ0v) is 11.3. The topological polar surface area (TPSA) is 73.9 Å². The van der Waals surface area contributed by atoms with Gasteiger partial charge in [0, 0.05) is 12.5 Å². The van der Waals surface area contributed by atoms with Crippen LogP contribution >= 0.6 is 0 Å². The third-order valence-corrected chi connectivity index (χ3v) is 2.61. The molecule has 2 atom stereocenters. The summed E-state index contributed by atoms with van der Waals surface area (Å²) in [6, 6.07) is 0. The van der Waals surface area contributed by atoms with E-state index < -0.39 is 11.7 Å². The van der Waals surface area contributed by atoms with Gasteiger partial charge in [-0.3, -0.25) is 4.79 Å². The Balaban J connectivity index is 2.38. The highest BCUT2D eigenvalue weighted by atomic mass is 16.6. The van der Waals surface area contributed by atoms with E-state index in [9.17, 15) is 9.59 Å². The van der Waals surface area contributed by atoms with Crippen LogP contribution in [0, 0.1) is 11.8 Å². The molecule has 0 spiro atoms. The van der Waals surface area contributed by atoms with Crippen LogP contribution in [0.4, 0.5) is 4.79 Å². The first-order valence-electron chi connectivity index (χ1n) is 5.96. The van der Waals surface area contributed by atoms with Crippen molar-refractivity contribution in [2.75, 3.05) is 26.9 Å². The van der Waals surface area contributed by atoms with Crippen molar-refractivity contribution < 1.29 is 23.8 Å². The van der Waals surface area contributed by atoms with Crippen LogP contribution in [0.5, 0.6) is 0 Å². The average Bonchev–Trinajstić information content (AvgIpc) is 2.71. The second-order valence-electron chi connectivity index (χ2n) is 5.31. The van der Waals surface area contributed by atoms with E-state index in [-0.39, 0.29) is 17.8 Å². The van der Waals surface area contributed by atoms with E-state index in [4.69, 9.17) is 9.47 Å². The third kappa shape index (κ3) is 4.52. The Morgan fingerprint density at radius 3 is 2.56 bits per heavy atom. The Hall–Kier alpha value is -1.30. The average molecular weight is 259 g/mol. The van der Waals surface area contributed by atoms with Gasteiger partial charge in [-0.25, -0.2) is 4.79 Å². The molecule has 0 aromatic heterocycles. The van der Waals surface area contributed by atoms with Crippen LogP contribution in [-0.2, 0) is 19.0 Å². The normalized spacial score (nSPS) is 23.6. The van der Waals surface area contributed by atoms with E-state index in [1.54, 1.807) is 20.8 Å². The minimum absolute atomic E-state index is 0.0648. The number of methoxy groups -OCH3 is 1. The van der Waals surface area contributed by atoms with Crippen molar-refractivity contribution in [1.29, 1.82) is 0 Å². The van der Waals surface area contributed by atoms with Gasteiger partial charge in [0.25, 0.3) is 0 Å². The quantitative estimate of drug-likeness (QED) is 0.764. The first-order chi connectivity index (χ1) is 8.33. The minimum Gasteiger partial charge on any atom is -0.469 e. The number of ether oxygens (including phenoxy) is 3. The van der Waals surface area contributed by atoms with E-state index in [1.165, 1.54) is 7.11 Å². The molecule has 1 aliphatic rings. The van der Waals surface area contributed by atoms with Crippen molar-refractivity contribution >= 4 is 12.1 Å². The molecule has 6 heteroatoms. The molecule has 0 aliphatic carbocycles. The van der Waals surface area contributed by atoms with Crippen molar-refractivity contribution in [2.45, 2.75) is 26.4 Å². The van der Waals surface area contributed by atoms with E-state index in [2.05, 4.69) is 10.1 Å². The van der Waals surface area contributed by atoms with Gasteiger partial charge in [0.1, 0.15) is 5.60 Å². The molecular formula is C12H21NO5. The predicted octanol–water partition coefficient (Wildman–Crippen LogP) is 0.947. The largest absolute Gasteiger partial charge is 0.469 e. The molecule has 1 fully saturated rings. The number of nitrogens with one attached hydrogen (secondary N) is 1. The van der Waals surface area contributed by atoms with Crippen LogP contribution < -0.4 is 5.32 Å². The van der Waals surface area contributed by atoms with Gasteiger partial charge in [-0.1, -0.05) is 0 Å². The molecule has 1 saturated heterocycles. The minimum atomic E-state index is -0.530. The molecule has 1 aliphatic heterocycles. The monoisotopic (exact) mass is 259 g/mol. The zero-order chi connectivity index (χ0) is 13.8. The Bertz CT molecular complexity index is 310. The summed E-state index contributed by atoms with van der Waals surface area (Å²) in [6.45, 7) is 6.51. The number of amides is 1. The van der Waals surface area contributed by atoms with Crippen LogP contribution in [0.2, 0.25) is 0 Å². The molecule has 104 valence electrons. The maximum absolute atomic E-state index is 11.5. The maximum Gasteiger partial charge on any atom is 0.407 e. The van der Waals surface area contributed by atoms with Gasteiger partial charge in [0.05, 0.1) is 26.2 Å². The summed E-state index contributed by atoms with van der Waals surface area (Å²) in [5.74, 6) is -0.682. The lowest BCUT2D eigenvalue weighted by atomic mass is 9.96. The lowest BCUT2D eigenvalue weighted by Crippen LogP contribution is -2.38. The van der Waals surface area contributed by atoms with Gasteiger partial charge in [0.2, 0.25) is 0 Å². The number of carbonyl (C=O) groups is 2. The highest BCUT2D eigenvalue weighted by Crippen LogP contribution is 2.21. The molecule has 18 heavy (non-hydrogen) atoms. The Kier molecular flexibility index (Phi) is 4.95. The highest BCUT2D eigenvalue weighted by molar-refractivity contribution is 5.73. The summed E-state index contributed by atoms with van der Waals surface area (Å²) in [5.41, 5.74) is -0.530. The first kappa shape index (κ1) is 14.8. The van der Waals surface area contributed by atoms with Gasteiger partial charge >= 0.3 is 12.1 Å². The molecule has 0 aromatic rings. The number of alkyl carbamates (subject to hydrolysis) is 1. The van der Waals surface area contributed by atoms with Crippen molar-refractivity contribution in [1.82, 2.24) is 5.32 Å². The lowest BCUT2D eigenvalue weighted by molar-refractivity contribution is -0.146. The molecule has 0 radical (unpaired) electrons. The summed E-state index contributed by atoms with van der Waals surface area (Å²) >= 11 is 0. The van der Waals surface area contributed by atoms with Crippen LogP contribution in [-0.4, -0.2) is 44.5 Å². The lowest BCUT2D eigenvalue weighted by Gasteiger charge is -2.21. The standard InChI is InChI=1S/C12H21NO5/c1-12(2,3)18-11(15)13-5-8-6-17-7-9(8)10(14)16-4/h8-9H,5-7H2,1-4H3,(H,13,15). The summed E-state index contributed by atoms with van der Waals surface area (Å²) < 4.78 is 15.0. The summed E-state index contributed by atoms with van der Waals surface area (Å²) in [6.07, 6.45) is -0.488. The van der Waals surface area contributed by atoms with Crippen LogP contribution in [0.15, 0.2) is 0 Å². The molecule has 2 unspecified atom stereocenters. The van der Waals surface area contributed by atoms with Crippen molar-refractivity contribution in [3.8, 4) is 0 Å². The number of rotatable bonds is 3. The van der Waals surface area contributed by atoms with Crippen molar-refractivity contribution in [2.24, 2.45) is 11.8 Å². The second kappa shape index (κ2) is 6.04. The van der Waals surface area contributed by atoms with Crippen LogP contribution in [0.1, 0.15) is 20.8 Å². The predicted molar refractivity (Wildman–Crippen MR) is 64.1 cm³/mol. The second-order valence-corrected chi connectivity index (χ2v) is 5.31. The molecule has 1 heterocycles.